The van der Waals surface area contributed by atoms with E-state index in [-0.39, 0.29) is 17.4 Å². The van der Waals surface area contributed by atoms with Crippen molar-refractivity contribution in [1.29, 1.82) is 0 Å². The van der Waals surface area contributed by atoms with Crippen molar-refractivity contribution in [2.75, 3.05) is 32.2 Å². The minimum atomic E-state index is -2.65. The quantitative estimate of drug-likeness (QED) is 0.0713. The summed E-state index contributed by atoms with van der Waals surface area (Å²) in [7, 11) is -2.65. The maximum atomic E-state index is 7.24. The summed E-state index contributed by atoms with van der Waals surface area (Å²) < 4.78 is 26.5. The van der Waals surface area contributed by atoms with Crippen molar-refractivity contribution >= 4 is 30.5 Å². The summed E-state index contributed by atoms with van der Waals surface area (Å²) in [5, 5.41) is 2.51. The highest BCUT2D eigenvalue weighted by Crippen LogP contribution is 2.37. The zero-order chi connectivity index (χ0) is 36.0. The Hall–Kier alpha value is -1.15. The predicted molar refractivity (Wildman–Crippen MR) is 220 cm³/mol. The van der Waals surface area contributed by atoms with E-state index >= 15 is 0 Å². The second-order valence-electron chi connectivity index (χ2n) is 16.5. The molecule has 1 aliphatic heterocycles. The summed E-state index contributed by atoms with van der Waals surface area (Å²) in [6.07, 6.45) is 22.0. The van der Waals surface area contributed by atoms with Gasteiger partial charge in [-0.1, -0.05) is 179 Å². The Kier molecular flexibility index (Phi) is 21.0. The van der Waals surface area contributed by atoms with E-state index in [1.54, 1.807) is 0 Å². The second kappa shape index (κ2) is 24.2. The molecule has 4 nitrogen and oxygen atoms in total. The molecule has 0 radical (unpaired) electrons. The van der Waals surface area contributed by atoms with E-state index in [9.17, 15) is 0 Å². The lowest BCUT2D eigenvalue weighted by Crippen LogP contribution is -2.67. The van der Waals surface area contributed by atoms with Gasteiger partial charge in [0, 0.05) is 18.0 Å². The third-order valence-corrected chi connectivity index (χ3v) is 16.3. The van der Waals surface area contributed by atoms with Crippen LogP contribution < -0.4 is 10.4 Å². The lowest BCUT2D eigenvalue weighted by molar-refractivity contribution is -0.203. The molecule has 3 rings (SSSR count). The molecule has 0 amide bonds. The Morgan fingerprint density at radius 2 is 1.16 bits per heavy atom. The molecule has 0 spiro atoms. The Labute approximate surface area is 313 Å². The topological polar surface area (TPSA) is 36.9 Å². The summed E-state index contributed by atoms with van der Waals surface area (Å²) in [5.41, 5.74) is 0. The molecule has 50 heavy (non-hydrogen) atoms. The predicted octanol–water partition coefficient (Wildman–Crippen LogP) is 11.5. The fraction of sp³-hybridized carbons (Fsp3) is 0.727. The van der Waals surface area contributed by atoms with Gasteiger partial charge in [0.2, 0.25) is 0 Å². The Balaban J connectivity index is 1.34. The lowest BCUT2D eigenvalue weighted by atomic mass is 10.0. The van der Waals surface area contributed by atoms with Crippen LogP contribution >= 0.6 is 11.8 Å². The van der Waals surface area contributed by atoms with E-state index < -0.39 is 8.32 Å². The molecule has 0 saturated carbocycles. The van der Waals surface area contributed by atoms with Gasteiger partial charge in [-0.05, 0) is 53.3 Å². The number of benzene rings is 2. The van der Waals surface area contributed by atoms with Crippen LogP contribution in [0.25, 0.3) is 0 Å². The first kappa shape index (κ1) is 43.3. The van der Waals surface area contributed by atoms with Crippen LogP contribution in [0, 0.1) is 0 Å². The van der Waals surface area contributed by atoms with Crippen molar-refractivity contribution in [2.45, 2.75) is 173 Å². The summed E-state index contributed by atoms with van der Waals surface area (Å²) in [5.74, 6) is 1.32. The molecule has 0 aliphatic carbocycles. The third kappa shape index (κ3) is 16.7. The molecule has 1 saturated heterocycles. The van der Waals surface area contributed by atoms with Crippen LogP contribution in [-0.4, -0.2) is 57.6 Å². The molecule has 1 heterocycles. The molecular weight excluding hydrogens is 653 g/mol. The molecule has 2 atom stereocenters. The molecule has 1 fully saturated rings. The Morgan fingerprint density at radius 1 is 0.660 bits per heavy atom. The smallest absolute Gasteiger partial charge is 0.261 e. The van der Waals surface area contributed by atoms with Gasteiger partial charge in [0.15, 0.2) is 6.29 Å². The van der Waals surface area contributed by atoms with Crippen molar-refractivity contribution in [1.82, 2.24) is 0 Å². The zero-order valence-corrected chi connectivity index (χ0v) is 34.8. The lowest BCUT2D eigenvalue weighted by Gasteiger charge is -2.43. The maximum absolute atomic E-state index is 7.24. The molecule has 0 N–H and O–H groups in total. The van der Waals surface area contributed by atoms with Gasteiger partial charge in [-0.15, -0.1) is 0 Å². The fourth-order valence-electron chi connectivity index (χ4n) is 7.16. The van der Waals surface area contributed by atoms with Gasteiger partial charge >= 0.3 is 0 Å². The number of rotatable bonds is 26. The molecule has 0 aromatic heterocycles. The van der Waals surface area contributed by atoms with E-state index in [4.69, 9.17) is 18.6 Å². The van der Waals surface area contributed by atoms with Crippen LogP contribution in [0.1, 0.15) is 151 Å². The number of ether oxygens (including phenoxy) is 3. The van der Waals surface area contributed by atoms with Crippen molar-refractivity contribution in [3.63, 3.8) is 0 Å². The van der Waals surface area contributed by atoms with Gasteiger partial charge in [-0.3, -0.25) is 0 Å². The van der Waals surface area contributed by atoms with E-state index in [1.165, 1.54) is 99.6 Å². The van der Waals surface area contributed by atoms with E-state index in [2.05, 4.69) is 114 Å². The van der Waals surface area contributed by atoms with Crippen LogP contribution in [0.3, 0.4) is 0 Å². The molecule has 0 bridgehead atoms. The number of unbranched alkanes of at least 4 members (excludes halogenated alkanes) is 13. The van der Waals surface area contributed by atoms with Gasteiger partial charge in [0.25, 0.3) is 8.32 Å². The summed E-state index contributed by atoms with van der Waals surface area (Å²) >= 11 is 2.11. The number of thioether (sulfide) groups is 1. The maximum Gasteiger partial charge on any atom is 0.261 e. The first-order valence-corrected chi connectivity index (χ1v) is 23.2. The first-order chi connectivity index (χ1) is 24.1. The van der Waals surface area contributed by atoms with Gasteiger partial charge < -0.3 is 18.6 Å². The summed E-state index contributed by atoms with van der Waals surface area (Å²) in [6.45, 7) is 16.5. The number of hydrogen-bond donors (Lipinski definition) is 0. The van der Waals surface area contributed by atoms with Crippen molar-refractivity contribution < 1.29 is 18.6 Å². The summed E-state index contributed by atoms with van der Waals surface area (Å²) in [6, 6.07) is 21.7. The minimum absolute atomic E-state index is 0.0761. The normalized spacial score (nSPS) is 16.5. The third-order valence-electron chi connectivity index (χ3n) is 9.91. The SMILES string of the molecule is CC(C)(C)SCCCCCCCCCCCCCCCCOC[C@H](CO[Si](c1ccccc1)(c1ccccc1)C(C)(C)C)OC1CCCCO1. The largest absolute Gasteiger partial charge is 0.405 e. The molecular formula is C44H74O4SSi. The van der Waals surface area contributed by atoms with E-state index in [0.29, 0.717) is 18.0 Å². The van der Waals surface area contributed by atoms with Gasteiger partial charge in [0.05, 0.1) is 13.2 Å². The average Bonchev–Trinajstić information content (AvgIpc) is 3.09. The van der Waals surface area contributed by atoms with Crippen LogP contribution in [0.5, 0.6) is 0 Å². The van der Waals surface area contributed by atoms with Crippen LogP contribution in [0.15, 0.2) is 60.7 Å². The monoisotopic (exact) mass is 727 g/mol. The molecule has 2 aromatic rings. The average molecular weight is 727 g/mol. The van der Waals surface area contributed by atoms with Crippen LogP contribution in [0.2, 0.25) is 5.04 Å². The van der Waals surface area contributed by atoms with Gasteiger partial charge in [-0.2, -0.15) is 11.8 Å². The zero-order valence-electron chi connectivity index (χ0n) is 33.0. The fourth-order valence-corrected chi connectivity index (χ4v) is 12.7. The molecule has 1 unspecified atom stereocenters. The minimum Gasteiger partial charge on any atom is -0.405 e. The summed E-state index contributed by atoms with van der Waals surface area (Å²) in [4.78, 5) is 0. The molecule has 6 heteroatoms. The number of hydrogen-bond acceptors (Lipinski definition) is 5. The van der Waals surface area contributed by atoms with Crippen LogP contribution in [0.4, 0.5) is 0 Å². The highest BCUT2D eigenvalue weighted by atomic mass is 32.2. The van der Waals surface area contributed by atoms with E-state index in [0.717, 1.165) is 38.9 Å². The standard InChI is InChI=1S/C44H74O4SSi/c1-43(2,3)49-36-28-18-16-14-12-10-8-7-9-11-13-15-17-26-34-45-37-39(48-42-33-25-27-35-46-42)38-47-50(44(4,5)6,40-29-21-19-22-30-40)41-31-23-20-24-32-41/h19-24,29-32,39,42H,7-18,25-28,33-38H2,1-6H3/t39-,42?/m1/s1. The Morgan fingerprint density at radius 3 is 1.62 bits per heavy atom. The highest BCUT2D eigenvalue weighted by molar-refractivity contribution is 8.00. The van der Waals surface area contributed by atoms with Crippen molar-refractivity contribution in [3.8, 4) is 0 Å². The molecule has 284 valence electrons. The highest BCUT2D eigenvalue weighted by Gasteiger charge is 2.50. The van der Waals surface area contributed by atoms with E-state index in [1.807, 2.05) is 0 Å². The van der Waals surface area contributed by atoms with Crippen molar-refractivity contribution in [2.24, 2.45) is 0 Å². The van der Waals surface area contributed by atoms with Gasteiger partial charge in [-0.25, -0.2) is 0 Å². The second-order valence-corrected chi connectivity index (χ2v) is 22.7. The Bertz CT molecular complexity index is 1050. The van der Waals surface area contributed by atoms with Gasteiger partial charge in [0.1, 0.15) is 6.10 Å². The van der Waals surface area contributed by atoms with Crippen molar-refractivity contribution in [3.05, 3.63) is 60.7 Å². The first-order valence-electron chi connectivity index (χ1n) is 20.4. The molecule has 1 aliphatic rings. The van der Waals surface area contributed by atoms with Crippen LogP contribution in [-0.2, 0) is 18.6 Å². The molecule has 2 aromatic carbocycles.